The highest BCUT2D eigenvalue weighted by molar-refractivity contribution is 5.85. The van der Waals surface area contributed by atoms with Crippen LogP contribution in [-0.4, -0.2) is 146 Å². The molecule has 0 spiro atoms. The van der Waals surface area contributed by atoms with Gasteiger partial charge in [-0.05, 0) is 107 Å². The van der Waals surface area contributed by atoms with Crippen LogP contribution in [0.15, 0.2) is 11.6 Å². The van der Waals surface area contributed by atoms with Crippen molar-refractivity contribution < 1.29 is 73.7 Å². The fraction of sp³-hybridized carbons (Fsp3) is 0.927. The second kappa shape index (κ2) is 15.3. The highest BCUT2D eigenvalue weighted by Gasteiger charge is 2.71. The third-order valence-corrected chi connectivity index (χ3v) is 16.1. The first-order valence-corrected chi connectivity index (χ1v) is 21.0. The normalized spacial score (nSPS) is 56.1. The maximum Gasteiger partial charge on any atom is 0.331 e. The van der Waals surface area contributed by atoms with Gasteiger partial charge >= 0.3 is 5.97 Å². The van der Waals surface area contributed by atoms with E-state index in [-0.39, 0.29) is 54.7 Å². The fourth-order valence-electron chi connectivity index (χ4n) is 12.8. The Morgan fingerprint density at radius 3 is 2.00 bits per heavy atom. The van der Waals surface area contributed by atoms with E-state index >= 15 is 0 Å². The maximum atomic E-state index is 12.6. The van der Waals surface area contributed by atoms with Crippen LogP contribution in [0.2, 0.25) is 0 Å². The first kappa shape index (κ1) is 41.4. The standard InChI is InChI=1S/C41H64O15/c1-18-33(46)34(47)35(48)38(53-18)56-37-20(3)52-32(16-28(37)43)55-36-19(2)51-31(15-27(36)42)54-23-8-10-39(4)22(13-23)6-7-25-26(39)14-29(44)40(5)24(9-11-41(25,40)49)21-12-30(45)50-17-21/h12,18-20,22-29,31-38,42-44,46-49H,6-11,13-17H2,1-5H3/t18-,19+,20+,22-,23+,24-,25-,26+,27-,28-,29-,31-,32-,33-,34+,35-,36+,37+,38+,39+,40+,41+/m1/s1. The minimum atomic E-state index is -1.52. The number of cyclic esters (lactones) is 1. The van der Waals surface area contributed by atoms with Crippen molar-refractivity contribution in [1.29, 1.82) is 0 Å². The Balaban J connectivity index is 0.839. The van der Waals surface area contributed by atoms with Crippen LogP contribution in [0.25, 0.3) is 0 Å². The van der Waals surface area contributed by atoms with Crippen LogP contribution in [0.1, 0.15) is 98.8 Å². The summed E-state index contributed by atoms with van der Waals surface area (Å²) >= 11 is 0. The number of ether oxygens (including phenoxy) is 7. The Bertz CT molecular complexity index is 1460. The number of fused-ring (bicyclic) bond motifs is 5. The summed E-state index contributed by atoms with van der Waals surface area (Å²) in [6.45, 7) is 9.66. The predicted molar refractivity (Wildman–Crippen MR) is 194 cm³/mol. The smallest absolute Gasteiger partial charge is 0.331 e. The third kappa shape index (κ3) is 6.82. The van der Waals surface area contributed by atoms with Gasteiger partial charge < -0.3 is 68.9 Å². The molecule has 0 aromatic carbocycles. The van der Waals surface area contributed by atoms with Gasteiger partial charge in [0.1, 0.15) is 37.1 Å². The molecule has 4 aliphatic carbocycles. The molecule has 0 aromatic rings. The largest absolute Gasteiger partial charge is 0.458 e. The van der Waals surface area contributed by atoms with Gasteiger partial charge in [-0.15, -0.1) is 0 Å². The summed E-state index contributed by atoms with van der Waals surface area (Å²) in [4.78, 5) is 11.9. The number of hydrogen-bond donors (Lipinski definition) is 7. The summed E-state index contributed by atoms with van der Waals surface area (Å²) in [6.07, 6.45) is -5.40. The lowest BCUT2D eigenvalue weighted by Gasteiger charge is -2.65. The molecule has 56 heavy (non-hydrogen) atoms. The predicted octanol–water partition coefficient (Wildman–Crippen LogP) is 1.19. The number of rotatable bonds is 7. The number of aliphatic hydroxyl groups is 7. The maximum absolute atomic E-state index is 12.6. The Labute approximate surface area is 328 Å². The van der Waals surface area contributed by atoms with Crippen molar-refractivity contribution in [2.45, 2.75) is 197 Å². The number of carbonyl (C=O) groups is 1. The van der Waals surface area contributed by atoms with E-state index in [9.17, 15) is 40.5 Å². The van der Waals surface area contributed by atoms with Crippen LogP contribution in [-0.2, 0) is 38.0 Å². The number of esters is 1. The molecule has 4 aliphatic heterocycles. The van der Waals surface area contributed by atoms with E-state index in [2.05, 4.69) is 6.92 Å². The molecule has 318 valence electrons. The van der Waals surface area contributed by atoms with Gasteiger partial charge in [-0.3, -0.25) is 0 Å². The molecule has 15 nitrogen and oxygen atoms in total. The topological polar surface area (TPSA) is 223 Å². The van der Waals surface area contributed by atoms with Crippen LogP contribution < -0.4 is 0 Å². The summed E-state index contributed by atoms with van der Waals surface area (Å²) in [7, 11) is 0. The van der Waals surface area contributed by atoms with Crippen molar-refractivity contribution in [2.75, 3.05) is 6.61 Å². The van der Waals surface area contributed by atoms with Crippen molar-refractivity contribution in [3.8, 4) is 0 Å². The molecule has 7 N–H and O–H groups in total. The quantitative estimate of drug-likeness (QED) is 0.142. The molecule has 8 aliphatic rings. The zero-order chi connectivity index (χ0) is 40.1. The fourth-order valence-corrected chi connectivity index (χ4v) is 12.8. The van der Waals surface area contributed by atoms with Gasteiger partial charge in [0.05, 0.1) is 48.3 Å². The number of aliphatic hydroxyl groups excluding tert-OH is 6. The van der Waals surface area contributed by atoms with Crippen LogP contribution in [0, 0.1) is 34.5 Å². The highest BCUT2D eigenvalue weighted by atomic mass is 16.7. The van der Waals surface area contributed by atoms with Gasteiger partial charge in [0, 0.05) is 24.3 Å². The second-order valence-electron chi connectivity index (χ2n) is 18.9. The van der Waals surface area contributed by atoms with Crippen LogP contribution in [0.4, 0.5) is 0 Å². The second-order valence-corrected chi connectivity index (χ2v) is 18.9. The van der Waals surface area contributed by atoms with E-state index in [0.29, 0.717) is 18.8 Å². The first-order valence-electron chi connectivity index (χ1n) is 21.0. The van der Waals surface area contributed by atoms with E-state index in [1.807, 2.05) is 13.8 Å². The molecule has 4 saturated carbocycles. The van der Waals surface area contributed by atoms with Crippen LogP contribution >= 0.6 is 0 Å². The minimum absolute atomic E-state index is 0.0147. The van der Waals surface area contributed by atoms with Gasteiger partial charge in [0.15, 0.2) is 18.9 Å². The number of carbonyl (C=O) groups excluding carboxylic acids is 1. The molecular weight excluding hydrogens is 732 g/mol. The Morgan fingerprint density at radius 1 is 0.696 bits per heavy atom. The van der Waals surface area contributed by atoms with E-state index in [1.54, 1.807) is 19.9 Å². The first-order chi connectivity index (χ1) is 26.4. The molecule has 0 amide bonds. The third-order valence-electron chi connectivity index (χ3n) is 16.1. The number of hydrogen-bond acceptors (Lipinski definition) is 15. The molecule has 22 atom stereocenters. The molecule has 15 heteroatoms. The zero-order valence-electron chi connectivity index (χ0n) is 33.2. The van der Waals surface area contributed by atoms with Crippen molar-refractivity contribution >= 4 is 5.97 Å². The molecule has 3 saturated heterocycles. The highest BCUT2D eigenvalue weighted by Crippen LogP contribution is 2.70. The average Bonchev–Trinajstić information content (AvgIpc) is 3.70. The van der Waals surface area contributed by atoms with Crippen LogP contribution in [0.3, 0.4) is 0 Å². The van der Waals surface area contributed by atoms with E-state index < -0.39 is 97.0 Å². The summed E-state index contributed by atoms with van der Waals surface area (Å²) in [5.41, 5.74) is -0.933. The van der Waals surface area contributed by atoms with Gasteiger partial charge in [0.25, 0.3) is 0 Å². The van der Waals surface area contributed by atoms with E-state index in [4.69, 9.17) is 33.2 Å². The van der Waals surface area contributed by atoms with Crippen LogP contribution in [0.5, 0.6) is 0 Å². The Hall–Kier alpha value is -1.31. The minimum Gasteiger partial charge on any atom is -0.458 e. The Kier molecular flexibility index (Phi) is 11.3. The van der Waals surface area contributed by atoms with Crippen molar-refractivity contribution in [3.05, 3.63) is 11.6 Å². The lowest BCUT2D eigenvalue weighted by atomic mass is 9.42. The molecule has 0 radical (unpaired) electrons. The molecule has 0 bridgehead atoms. The van der Waals surface area contributed by atoms with Gasteiger partial charge in [0.2, 0.25) is 0 Å². The lowest BCUT2D eigenvalue weighted by molar-refractivity contribution is -0.349. The lowest BCUT2D eigenvalue weighted by Crippen LogP contribution is -2.67. The van der Waals surface area contributed by atoms with Crippen molar-refractivity contribution in [3.63, 3.8) is 0 Å². The molecule has 4 heterocycles. The summed E-state index contributed by atoms with van der Waals surface area (Å²) in [5.74, 6) is 0.150. The Morgan fingerprint density at radius 2 is 1.36 bits per heavy atom. The SMILES string of the molecule is C[C@@H]1O[C@H](O[C@H]2CC[C@@]3(C)[C@H](CC[C@@H]4[C@@H]3C[C@@H](O)[C@]3(C)[C@@H](C5=CC(=O)OC5)CC[C@]43O)C2)C[C@@H](O)[C@H]1O[C@@H]1C[C@@H](O)[C@@H](O[C@@H]2O[C@H](C)[C@@H](O)[C@H](O)[C@H]2O)[C@H](C)O1. The summed E-state index contributed by atoms with van der Waals surface area (Å²) in [5, 5.41) is 77.3. The molecule has 7 fully saturated rings. The average molecular weight is 797 g/mol. The van der Waals surface area contributed by atoms with Gasteiger partial charge in [-0.2, -0.15) is 0 Å². The molecular formula is C41H64O15. The summed E-state index contributed by atoms with van der Waals surface area (Å²) in [6, 6.07) is 0. The van der Waals surface area contributed by atoms with Crippen molar-refractivity contribution in [2.24, 2.45) is 34.5 Å². The van der Waals surface area contributed by atoms with E-state index in [0.717, 1.165) is 44.1 Å². The molecule has 8 rings (SSSR count). The zero-order valence-corrected chi connectivity index (χ0v) is 33.2. The monoisotopic (exact) mass is 796 g/mol. The molecule has 0 unspecified atom stereocenters. The van der Waals surface area contributed by atoms with Gasteiger partial charge in [-0.1, -0.05) is 13.8 Å². The summed E-state index contributed by atoms with van der Waals surface area (Å²) < 4.78 is 41.7. The molecule has 0 aromatic heterocycles. The van der Waals surface area contributed by atoms with E-state index in [1.165, 1.54) is 0 Å². The van der Waals surface area contributed by atoms with Gasteiger partial charge in [-0.25, -0.2) is 4.79 Å². The van der Waals surface area contributed by atoms with Crippen molar-refractivity contribution in [1.82, 2.24) is 0 Å².